The Morgan fingerprint density at radius 1 is 1.08 bits per heavy atom. The van der Waals surface area contributed by atoms with Crippen molar-refractivity contribution >= 4 is 17.5 Å². The summed E-state index contributed by atoms with van der Waals surface area (Å²) < 4.78 is 1.88. The molecule has 5 heteroatoms. The SMILES string of the molecule is Cc1cc(C)n(-c2ccc(C(=O)N(C)Cc3ccc(Cl)cc3)cc2)n1. The first kappa shape index (κ1) is 17.2. The van der Waals surface area contributed by atoms with E-state index in [1.54, 1.807) is 11.9 Å². The summed E-state index contributed by atoms with van der Waals surface area (Å²) in [5, 5.41) is 5.16. The van der Waals surface area contributed by atoms with E-state index in [-0.39, 0.29) is 5.91 Å². The van der Waals surface area contributed by atoms with Gasteiger partial charge in [-0.2, -0.15) is 5.10 Å². The van der Waals surface area contributed by atoms with Crippen molar-refractivity contribution in [1.82, 2.24) is 14.7 Å². The van der Waals surface area contributed by atoms with Gasteiger partial charge in [-0.3, -0.25) is 4.79 Å². The first-order chi connectivity index (χ1) is 11.9. The predicted octanol–water partition coefficient (Wildman–Crippen LogP) is 4.41. The van der Waals surface area contributed by atoms with Crippen LogP contribution in [0.5, 0.6) is 0 Å². The van der Waals surface area contributed by atoms with Crippen LogP contribution in [0.2, 0.25) is 5.02 Å². The summed E-state index contributed by atoms with van der Waals surface area (Å²) in [4.78, 5) is 14.3. The van der Waals surface area contributed by atoms with E-state index in [1.165, 1.54) is 0 Å². The first-order valence-corrected chi connectivity index (χ1v) is 8.45. The molecule has 0 spiro atoms. The van der Waals surface area contributed by atoms with Crippen LogP contribution in [0.15, 0.2) is 54.6 Å². The van der Waals surface area contributed by atoms with E-state index in [4.69, 9.17) is 11.6 Å². The van der Waals surface area contributed by atoms with Crippen LogP contribution in [0, 0.1) is 13.8 Å². The Bertz CT molecular complexity index is 882. The molecule has 0 N–H and O–H groups in total. The third-order valence-electron chi connectivity index (χ3n) is 4.05. The molecule has 128 valence electrons. The summed E-state index contributed by atoms with van der Waals surface area (Å²) in [6, 6.07) is 17.1. The molecule has 1 aromatic heterocycles. The molecular formula is C20H20ClN3O. The molecular weight excluding hydrogens is 334 g/mol. The second-order valence-electron chi connectivity index (χ2n) is 6.17. The molecule has 0 aliphatic carbocycles. The molecule has 1 amide bonds. The third-order valence-corrected chi connectivity index (χ3v) is 4.30. The average Bonchev–Trinajstić information content (AvgIpc) is 2.94. The summed E-state index contributed by atoms with van der Waals surface area (Å²) in [6.07, 6.45) is 0. The highest BCUT2D eigenvalue weighted by Crippen LogP contribution is 2.16. The van der Waals surface area contributed by atoms with E-state index in [0.717, 1.165) is 22.6 Å². The van der Waals surface area contributed by atoms with Gasteiger partial charge < -0.3 is 4.90 Å². The Labute approximate surface area is 152 Å². The fourth-order valence-corrected chi connectivity index (χ4v) is 2.92. The number of nitrogens with zero attached hydrogens (tertiary/aromatic N) is 3. The van der Waals surface area contributed by atoms with Crippen molar-refractivity contribution in [2.24, 2.45) is 0 Å². The van der Waals surface area contributed by atoms with Gasteiger partial charge in [-0.1, -0.05) is 23.7 Å². The molecule has 4 nitrogen and oxygen atoms in total. The lowest BCUT2D eigenvalue weighted by Gasteiger charge is -2.17. The molecule has 0 saturated carbocycles. The van der Waals surface area contributed by atoms with Crippen molar-refractivity contribution in [1.29, 1.82) is 0 Å². The Kier molecular flexibility index (Phi) is 4.91. The Morgan fingerprint density at radius 2 is 1.72 bits per heavy atom. The molecule has 0 aliphatic rings. The van der Waals surface area contributed by atoms with Crippen molar-refractivity contribution in [3.63, 3.8) is 0 Å². The molecule has 0 saturated heterocycles. The van der Waals surface area contributed by atoms with E-state index in [0.29, 0.717) is 17.1 Å². The number of halogens is 1. The van der Waals surface area contributed by atoms with Crippen LogP contribution < -0.4 is 0 Å². The van der Waals surface area contributed by atoms with Gasteiger partial charge in [0.2, 0.25) is 0 Å². The molecule has 0 bridgehead atoms. The standard InChI is InChI=1S/C20H20ClN3O/c1-14-12-15(2)24(22-14)19-10-6-17(7-11-19)20(25)23(3)13-16-4-8-18(21)9-5-16/h4-12H,13H2,1-3H3. The van der Waals surface area contributed by atoms with Gasteiger partial charge in [-0.05, 0) is 61.9 Å². The van der Waals surface area contributed by atoms with E-state index in [2.05, 4.69) is 5.10 Å². The summed E-state index contributed by atoms with van der Waals surface area (Å²) in [7, 11) is 1.80. The minimum atomic E-state index is -0.0186. The Balaban J connectivity index is 1.73. The van der Waals surface area contributed by atoms with Crippen LogP contribution in [-0.4, -0.2) is 27.6 Å². The van der Waals surface area contributed by atoms with Gasteiger partial charge in [0.15, 0.2) is 0 Å². The lowest BCUT2D eigenvalue weighted by Crippen LogP contribution is -2.26. The van der Waals surface area contributed by atoms with E-state index in [1.807, 2.05) is 73.1 Å². The lowest BCUT2D eigenvalue weighted by molar-refractivity contribution is 0.0785. The number of aromatic nitrogens is 2. The summed E-state index contributed by atoms with van der Waals surface area (Å²) >= 11 is 5.90. The largest absolute Gasteiger partial charge is 0.337 e. The fraction of sp³-hybridized carbons (Fsp3) is 0.200. The molecule has 3 rings (SSSR count). The number of benzene rings is 2. The second kappa shape index (κ2) is 7.11. The smallest absolute Gasteiger partial charge is 0.253 e. The van der Waals surface area contributed by atoms with E-state index >= 15 is 0 Å². The summed E-state index contributed by atoms with van der Waals surface area (Å²) in [6.45, 7) is 4.52. The van der Waals surface area contributed by atoms with Crippen LogP contribution in [0.1, 0.15) is 27.3 Å². The summed E-state index contributed by atoms with van der Waals surface area (Å²) in [5.41, 5.74) is 4.68. The quantitative estimate of drug-likeness (QED) is 0.696. The van der Waals surface area contributed by atoms with Gasteiger partial charge in [-0.15, -0.1) is 0 Å². The summed E-state index contributed by atoms with van der Waals surface area (Å²) in [5.74, 6) is -0.0186. The maximum Gasteiger partial charge on any atom is 0.253 e. The zero-order valence-corrected chi connectivity index (χ0v) is 15.3. The van der Waals surface area contributed by atoms with Crippen molar-refractivity contribution in [3.8, 4) is 5.69 Å². The highest BCUT2D eigenvalue weighted by atomic mass is 35.5. The molecule has 0 aliphatic heterocycles. The molecule has 0 atom stereocenters. The minimum absolute atomic E-state index is 0.0186. The van der Waals surface area contributed by atoms with Crippen molar-refractivity contribution in [3.05, 3.63) is 82.1 Å². The van der Waals surface area contributed by atoms with E-state index in [9.17, 15) is 4.79 Å². The van der Waals surface area contributed by atoms with Crippen molar-refractivity contribution in [2.75, 3.05) is 7.05 Å². The second-order valence-corrected chi connectivity index (χ2v) is 6.61. The number of hydrogen-bond donors (Lipinski definition) is 0. The van der Waals surface area contributed by atoms with Crippen LogP contribution >= 0.6 is 11.6 Å². The van der Waals surface area contributed by atoms with Gasteiger partial charge in [0.05, 0.1) is 11.4 Å². The monoisotopic (exact) mass is 353 g/mol. The number of rotatable bonds is 4. The zero-order valence-electron chi connectivity index (χ0n) is 14.5. The van der Waals surface area contributed by atoms with Crippen LogP contribution in [0.4, 0.5) is 0 Å². The number of aryl methyl sites for hydroxylation is 2. The van der Waals surface area contributed by atoms with Crippen LogP contribution in [0.3, 0.4) is 0 Å². The average molecular weight is 354 g/mol. The third kappa shape index (κ3) is 3.91. The number of carbonyl (C=O) groups excluding carboxylic acids is 1. The van der Waals surface area contributed by atoms with Crippen molar-refractivity contribution < 1.29 is 4.79 Å². The molecule has 0 radical (unpaired) electrons. The minimum Gasteiger partial charge on any atom is -0.337 e. The van der Waals surface area contributed by atoms with Gasteiger partial charge in [-0.25, -0.2) is 4.68 Å². The predicted molar refractivity (Wildman–Crippen MR) is 100 cm³/mol. The number of hydrogen-bond acceptors (Lipinski definition) is 2. The van der Waals surface area contributed by atoms with Crippen molar-refractivity contribution in [2.45, 2.75) is 20.4 Å². The fourth-order valence-electron chi connectivity index (χ4n) is 2.79. The molecule has 1 heterocycles. The maximum atomic E-state index is 12.6. The van der Waals surface area contributed by atoms with Gasteiger partial charge in [0.25, 0.3) is 5.91 Å². The van der Waals surface area contributed by atoms with Gasteiger partial charge in [0.1, 0.15) is 0 Å². The highest BCUT2D eigenvalue weighted by molar-refractivity contribution is 6.30. The first-order valence-electron chi connectivity index (χ1n) is 8.07. The molecule has 25 heavy (non-hydrogen) atoms. The molecule has 0 fully saturated rings. The lowest BCUT2D eigenvalue weighted by atomic mass is 10.1. The molecule has 2 aromatic carbocycles. The normalized spacial score (nSPS) is 10.7. The molecule has 3 aromatic rings. The maximum absolute atomic E-state index is 12.6. The zero-order chi connectivity index (χ0) is 18.0. The number of amides is 1. The van der Waals surface area contributed by atoms with Gasteiger partial charge >= 0.3 is 0 Å². The Hall–Kier alpha value is -2.59. The van der Waals surface area contributed by atoms with Gasteiger partial charge in [0, 0.05) is 29.9 Å². The number of carbonyl (C=O) groups is 1. The van der Waals surface area contributed by atoms with Crippen LogP contribution in [-0.2, 0) is 6.54 Å². The Morgan fingerprint density at radius 3 is 2.28 bits per heavy atom. The topological polar surface area (TPSA) is 38.1 Å². The highest BCUT2D eigenvalue weighted by Gasteiger charge is 2.13. The van der Waals surface area contributed by atoms with Crippen LogP contribution in [0.25, 0.3) is 5.69 Å². The molecule has 0 unspecified atom stereocenters. The van der Waals surface area contributed by atoms with E-state index < -0.39 is 0 Å².